The third-order valence-electron chi connectivity index (χ3n) is 4.42. The molecule has 1 saturated heterocycles. The van der Waals surface area contributed by atoms with E-state index < -0.39 is 0 Å². The van der Waals surface area contributed by atoms with Crippen LogP contribution in [-0.2, 0) is 9.53 Å². The maximum Gasteiger partial charge on any atom is 0.225 e. The Kier molecular flexibility index (Phi) is 6.24. The van der Waals surface area contributed by atoms with Crippen LogP contribution in [0, 0.1) is 5.41 Å². The average Bonchev–Trinajstić information content (AvgIpc) is 2.55. The second-order valence-electron chi connectivity index (χ2n) is 7.61. The van der Waals surface area contributed by atoms with Crippen LogP contribution in [0.25, 0.3) is 0 Å². The van der Waals surface area contributed by atoms with E-state index >= 15 is 0 Å². The lowest BCUT2D eigenvalue weighted by Crippen LogP contribution is -2.45. The Labute approximate surface area is 146 Å². The molecule has 1 unspecified atom stereocenters. The van der Waals surface area contributed by atoms with E-state index in [-0.39, 0.29) is 17.4 Å². The maximum atomic E-state index is 12.3. The summed E-state index contributed by atoms with van der Waals surface area (Å²) in [7, 11) is 4.08. The molecule has 134 valence electrons. The number of benzene rings is 1. The van der Waals surface area contributed by atoms with Gasteiger partial charge in [0.05, 0.1) is 19.3 Å². The van der Waals surface area contributed by atoms with E-state index in [0.29, 0.717) is 6.54 Å². The molecule has 0 aliphatic carbocycles. The standard InChI is InChI=1S/C19H31N3O2/c1-19(2,3)18(23)20-14-17(22-10-12-24-13-11-22)15-6-8-16(9-7-15)21(4)5/h6-9,17H,10-14H2,1-5H3,(H,20,23). The molecule has 0 aromatic heterocycles. The highest BCUT2D eigenvalue weighted by molar-refractivity contribution is 5.81. The minimum Gasteiger partial charge on any atom is -0.379 e. The normalized spacial score (nSPS) is 17.4. The van der Waals surface area contributed by atoms with Crippen molar-refractivity contribution < 1.29 is 9.53 Å². The molecule has 0 spiro atoms. The summed E-state index contributed by atoms with van der Waals surface area (Å²) in [5.41, 5.74) is 2.04. The first kappa shape index (κ1) is 18.7. The predicted octanol–water partition coefficient (Wildman–Crippen LogP) is 2.29. The van der Waals surface area contributed by atoms with Gasteiger partial charge in [-0.1, -0.05) is 32.9 Å². The van der Waals surface area contributed by atoms with E-state index in [1.165, 1.54) is 11.3 Å². The number of nitrogens with zero attached hydrogens (tertiary/aromatic N) is 2. The third kappa shape index (κ3) is 4.95. The second-order valence-corrected chi connectivity index (χ2v) is 7.61. The molecule has 1 fully saturated rings. The summed E-state index contributed by atoms with van der Waals surface area (Å²) < 4.78 is 5.48. The SMILES string of the molecule is CN(C)c1ccc(C(CNC(=O)C(C)(C)C)N2CCOCC2)cc1. The number of rotatable bonds is 5. The lowest BCUT2D eigenvalue weighted by molar-refractivity contribution is -0.128. The lowest BCUT2D eigenvalue weighted by Gasteiger charge is -2.35. The van der Waals surface area contributed by atoms with Crippen molar-refractivity contribution >= 4 is 11.6 Å². The van der Waals surface area contributed by atoms with E-state index in [9.17, 15) is 4.79 Å². The molecule has 0 bridgehead atoms. The maximum absolute atomic E-state index is 12.3. The molecule has 1 aromatic rings. The fraction of sp³-hybridized carbons (Fsp3) is 0.632. The molecule has 1 aliphatic heterocycles. The second kappa shape index (κ2) is 7.99. The summed E-state index contributed by atoms with van der Waals surface area (Å²) in [6, 6.07) is 8.77. The average molecular weight is 333 g/mol. The van der Waals surface area contributed by atoms with Crippen LogP contribution >= 0.6 is 0 Å². The Balaban J connectivity index is 2.14. The monoisotopic (exact) mass is 333 g/mol. The number of anilines is 1. The first-order valence-corrected chi connectivity index (χ1v) is 8.66. The lowest BCUT2D eigenvalue weighted by atomic mass is 9.95. The highest BCUT2D eigenvalue weighted by Crippen LogP contribution is 2.24. The quantitative estimate of drug-likeness (QED) is 0.898. The highest BCUT2D eigenvalue weighted by atomic mass is 16.5. The van der Waals surface area contributed by atoms with Crippen LogP contribution in [0.2, 0.25) is 0 Å². The van der Waals surface area contributed by atoms with Gasteiger partial charge in [0.25, 0.3) is 0 Å². The molecular weight excluding hydrogens is 302 g/mol. The van der Waals surface area contributed by atoms with Crippen molar-refractivity contribution in [2.24, 2.45) is 5.41 Å². The van der Waals surface area contributed by atoms with Crippen LogP contribution in [0.1, 0.15) is 32.4 Å². The number of hydrogen-bond donors (Lipinski definition) is 1. The molecule has 24 heavy (non-hydrogen) atoms. The van der Waals surface area contributed by atoms with E-state index in [1.54, 1.807) is 0 Å². The van der Waals surface area contributed by atoms with Gasteiger partial charge in [-0.15, -0.1) is 0 Å². The van der Waals surface area contributed by atoms with Crippen LogP contribution in [-0.4, -0.2) is 57.8 Å². The molecule has 1 aromatic carbocycles. The molecule has 1 amide bonds. The van der Waals surface area contributed by atoms with Gasteiger partial charge in [0.15, 0.2) is 0 Å². The molecule has 0 radical (unpaired) electrons. The van der Waals surface area contributed by atoms with Crippen molar-refractivity contribution in [2.45, 2.75) is 26.8 Å². The van der Waals surface area contributed by atoms with E-state index in [0.717, 1.165) is 26.3 Å². The van der Waals surface area contributed by atoms with Gasteiger partial charge in [-0.2, -0.15) is 0 Å². The van der Waals surface area contributed by atoms with E-state index in [4.69, 9.17) is 4.74 Å². The van der Waals surface area contributed by atoms with Gasteiger partial charge in [0.1, 0.15) is 0 Å². The Morgan fingerprint density at radius 2 is 1.79 bits per heavy atom. The van der Waals surface area contributed by atoms with Crippen LogP contribution in [0.3, 0.4) is 0 Å². The first-order chi connectivity index (χ1) is 11.3. The molecule has 1 aliphatic rings. The molecule has 5 heteroatoms. The number of carbonyl (C=O) groups is 1. The number of hydrogen-bond acceptors (Lipinski definition) is 4. The molecular formula is C19H31N3O2. The van der Waals surface area contributed by atoms with Gasteiger partial charge in [-0.3, -0.25) is 9.69 Å². The van der Waals surface area contributed by atoms with Crippen molar-refractivity contribution in [3.05, 3.63) is 29.8 Å². The molecule has 1 N–H and O–H groups in total. The minimum absolute atomic E-state index is 0.0886. The van der Waals surface area contributed by atoms with Gasteiger partial charge in [0.2, 0.25) is 5.91 Å². The summed E-state index contributed by atoms with van der Waals surface area (Å²) in [5.74, 6) is 0.0886. The molecule has 0 saturated carbocycles. The van der Waals surface area contributed by atoms with Crippen LogP contribution in [0.15, 0.2) is 24.3 Å². The van der Waals surface area contributed by atoms with E-state index in [1.807, 2.05) is 34.9 Å². The molecule has 1 heterocycles. The Morgan fingerprint density at radius 3 is 2.29 bits per heavy atom. The van der Waals surface area contributed by atoms with E-state index in [2.05, 4.69) is 39.4 Å². The number of nitrogens with one attached hydrogen (secondary N) is 1. The van der Waals surface area contributed by atoms with Gasteiger partial charge < -0.3 is 15.0 Å². The number of carbonyl (C=O) groups excluding carboxylic acids is 1. The Morgan fingerprint density at radius 1 is 1.21 bits per heavy atom. The number of morpholine rings is 1. The van der Waals surface area contributed by atoms with Crippen molar-refractivity contribution in [2.75, 3.05) is 51.8 Å². The molecule has 5 nitrogen and oxygen atoms in total. The van der Waals surface area contributed by atoms with Gasteiger partial charge in [-0.05, 0) is 17.7 Å². The van der Waals surface area contributed by atoms with Crippen molar-refractivity contribution in [3.63, 3.8) is 0 Å². The minimum atomic E-state index is -0.371. The van der Waals surface area contributed by atoms with Crippen LogP contribution < -0.4 is 10.2 Å². The van der Waals surface area contributed by atoms with Crippen molar-refractivity contribution in [1.29, 1.82) is 0 Å². The van der Waals surface area contributed by atoms with Gasteiger partial charge in [0, 0.05) is 44.8 Å². The summed E-state index contributed by atoms with van der Waals surface area (Å²) in [6.45, 7) is 9.74. The summed E-state index contributed by atoms with van der Waals surface area (Å²) >= 11 is 0. The van der Waals surface area contributed by atoms with Crippen LogP contribution in [0.5, 0.6) is 0 Å². The van der Waals surface area contributed by atoms with Crippen molar-refractivity contribution in [3.8, 4) is 0 Å². The van der Waals surface area contributed by atoms with Gasteiger partial charge >= 0.3 is 0 Å². The topological polar surface area (TPSA) is 44.8 Å². The van der Waals surface area contributed by atoms with Crippen molar-refractivity contribution in [1.82, 2.24) is 10.2 Å². The van der Waals surface area contributed by atoms with Crippen LogP contribution in [0.4, 0.5) is 5.69 Å². The smallest absolute Gasteiger partial charge is 0.225 e. The summed E-state index contributed by atoms with van der Waals surface area (Å²) in [4.78, 5) is 16.8. The fourth-order valence-corrected chi connectivity index (χ4v) is 2.80. The number of amides is 1. The zero-order valence-corrected chi connectivity index (χ0v) is 15.6. The zero-order valence-electron chi connectivity index (χ0n) is 15.6. The summed E-state index contributed by atoms with van der Waals surface area (Å²) in [5, 5.41) is 3.12. The predicted molar refractivity (Wildman–Crippen MR) is 98.4 cm³/mol. The largest absolute Gasteiger partial charge is 0.379 e. The summed E-state index contributed by atoms with van der Waals surface area (Å²) in [6.07, 6.45) is 0. The zero-order chi connectivity index (χ0) is 17.7. The first-order valence-electron chi connectivity index (χ1n) is 8.66. The highest BCUT2D eigenvalue weighted by Gasteiger charge is 2.26. The Bertz CT molecular complexity index is 529. The fourth-order valence-electron chi connectivity index (χ4n) is 2.80. The third-order valence-corrected chi connectivity index (χ3v) is 4.42. The Hall–Kier alpha value is -1.59. The molecule has 2 rings (SSSR count). The number of ether oxygens (including phenoxy) is 1. The van der Waals surface area contributed by atoms with Gasteiger partial charge in [-0.25, -0.2) is 0 Å². The molecule has 1 atom stereocenters.